The van der Waals surface area contributed by atoms with E-state index >= 15 is 0 Å². The minimum atomic E-state index is -0.529. The molecule has 0 aromatic carbocycles. The molecular weight excluding hydrogens is 334 g/mol. The van der Waals surface area contributed by atoms with E-state index in [0.717, 1.165) is 18.4 Å². The number of H-pyrrole nitrogens is 1. The maximum absolute atomic E-state index is 12.5. The van der Waals surface area contributed by atoms with Crippen molar-refractivity contribution < 1.29 is 14.3 Å². The van der Waals surface area contributed by atoms with Gasteiger partial charge in [-0.05, 0) is 52.7 Å². The minimum Gasteiger partial charge on any atom is -0.477 e. The number of aromatic amines is 1. The van der Waals surface area contributed by atoms with Crippen LogP contribution in [0.15, 0.2) is 18.3 Å². The van der Waals surface area contributed by atoms with Crippen LogP contribution in [-0.2, 0) is 4.74 Å². The highest BCUT2D eigenvalue weighted by atomic mass is 16.6. The maximum atomic E-state index is 12.5. The molecule has 0 bridgehead atoms. The second kappa shape index (κ2) is 7.31. The molecular formula is C18H25N5O3. The van der Waals surface area contributed by atoms with Gasteiger partial charge in [-0.15, -0.1) is 10.2 Å². The first-order valence-corrected chi connectivity index (χ1v) is 8.89. The van der Waals surface area contributed by atoms with Gasteiger partial charge in [0.2, 0.25) is 5.88 Å². The van der Waals surface area contributed by atoms with Crippen molar-refractivity contribution in [2.75, 3.05) is 13.2 Å². The average Bonchev–Trinajstić information content (AvgIpc) is 3.23. The number of carbonyl (C=O) groups excluding carboxylic acids is 1. The molecule has 1 unspecified atom stereocenters. The van der Waals surface area contributed by atoms with Crippen LogP contribution in [0.4, 0.5) is 4.79 Å². The van der Waals surface area contributed by atoms with E-state index in [9.17, 15) is 4.79 Å². The van der Waals surface area contributed by atoms with Gasteiger partial charge in [0.1, 0.15) is 5.60 Å². The van der Waals surface area contributed by atoms with E-state index in [2.05, 4.69) is 20.2 Å². The van der Waals surface area contributed by atoms with Crippen LogP contribution in [0, 0.1) is 0 Å². The first kappa shape index (κ1) is 18.2. The summed E-state index contributed by atoms with van der Waals surface area (Å²) in [5, 5.41) is 8.50. The van der Waals surface area contributed by atoms with Gasteiger partial charge >= 0.3 is 6.09 Å². The Labute approximate surface area is 152 Å². The molecule has 2 aromatic rings. The van der Waals surface area contributed by atoms with E-state index in [4.69, 9.17) is 9.47 Å². The van der Waals surface area contributed by atoms with E-state index < -0.39 is 5.60 Å². The molecule has 1 amide bonds. The molecule has 0 spiro atoms. The van der Waals surface area contributed by atoms with Gasteiger partial charge in [0.25, 0.3) is 0 Å². The number of likely N-dealkylation sites (tertiary alicyclic amines) is 1. The summed E-state index contributed by atoms with van der Waals surface area (Å²) >= 11 is 0. The van der Waals surface area contributed by atoms with Crippen LogP contribution < -0.4 is 4.74 Å². The van der Waals surface area contributed by atoms with Gasteiger partial charge in [-0.1, -0.05) is 0 Å². The Hall–Kier alpha value is -2.64. The third-order valence-electron chi connectivity index (χ3n) is 4.01. The monoisotopic (exact) mass is 359 g/mol. The van der Waals surface area contributed by atoms with Gasteiger partial charge in [-0.3, -0.25) is 4.90 Å². The molecule has 1 N–H and O–H groups in total. The van der Waals surface area contributed by atoms with Crippen LogP contribution in [0.5, 0.6) is 5.88 Å². The van der Waals surface area contributed by atoms with Crippen molar-refractivity contribution >= 4 is 6.09 Å². The Bertz CT molecular complexity index is 768. The van der Waals surface area contributed by atoms with E-state index in [1.54, 1.807) is 11.1 Å². The molecule has 1 fully saturated rings. The Morgan fingerprint density at radius 3 is 2.92 bits per heavy atom. The second-order valence-corrected chi connectivity index (χ2v) is 7.18. The number of aromatic nitrogens is 4. The first-order chi connectivity index (χ1) is 12.4. The third kappa shape index (κ3) is 3.95. The zero-order chi connectivity index (χ0) is 18.7. The topological polar surface area (TPSA) is 93.2 Å². The van der Waals surface area contributed by atoms with Gasteiger partial charge in [-0.25, -0.2) is 9.78 Å². The van der Waals surface area contributed by atoms with Crippen molar-refractivity contribution in [1.29, 1.82) is 0 Å². The zero-order valence-corrected chi connectivity index (χ0v) is 15.7. The number of nitrogens with one attached hydrogen (secondary N) is 1. The largest absolute Gasteiger partial charge is 0.477 e. The zero-order valence-electron chi connectivity index (χ0n) is 15.7. The third-order valence-corrected chi connectivity index (χ3v) is 4.01. The first-order valence-electron chi connectivity index (χ1n) is 8.89. The Morgan fingerprint density at radius 1 is 1.38 bits per heavy atom. The molecule has 1 aliphatic rings. The standard InChI is InChI=1S/C18H25N5O3/c1-5-25-16-12(8-6-10-19-16)14-20-15(22-21-14)13-9-7-11-23(13)17(24)26-18(2,3)4/h6,8,10,13H,5,7,9,11H2,1-4H3,(H,20,21,22). The lowest BCUT2D eigenvalue weighted by Gasteiger charge is -2.27. The molecule has 0 aliphatic carbocycles. The summed E-state index contributed by atoms with van der Waals surface area (Å²) in [5.74, 6) is 1.73. The second-order valence-electron chi connectivity index (χ2n) is 7.18. The molecule has 8 heteroatoms. The quantitative estimate of drug-likeness (QED) is 0.900. The normalized spacial score (nSPS) is 17.4. The summed E-state index contributed by atoms with van der Waals surface area (Å²) in [6.45, 7) is 8.65. The van der Waals surface area contributed by atoms with Crippen molar-refractivity contribution in [3.05, 3.63) is 24.2 Å². The van der Waals surface area contributed by atoms with Crippen LogP contribution >= 0.6 is 0 Å². The summed E-state index contributed by atoms with van der Waals surface area (Å²) in [4.78, 5) is 21.6. The summed E-state index contributed by atoms with van der Waals surface area (Å²) in [5.41, 5.74) is 0.216. The molecule has 3 heterocycles. The molecule has 3 rings (SSSR count). The molecule has 2 aromatic heterocycles. The van der Waals surface area contributed by atoms with Crippen LogP contribution in [-0.4, -0.2) is 49.9 Å². The summed E-state index contributed by atoms with van der Waals surface area (Å²) in [6.07, 6.45) is 3.07. The maximum Gasteiger partial charge on any atom is 0.410 e. The van der Waals surface area contributed by atoms with E-state index in [1.807, 2.05) is 39.8 Å². The molecule has 1 saturated heterocycles. The number of hydrogen-bond donors (Lipinski definition) is 1. The summed E-state index contributed by atoms with van der Waals surface area (Å²) < 4.78 is 11.1. The molecule has 26 heavy (non-hydrogen) atoms. The van der Waals surface area contributed by atoms with E-state index in [-0.39, 0.29) is 12.1 Å². The Kier molecular flexibility index (Phi) is 5.11. The molecule has 140 valence electrons. The van der Waals surface area contributed by atoms with Gasteiger partial charge in [-0.2, -0.15) is 0 Å². The highest BCUT2D eigenvalue weighted by Crippen LogP contribution is 2.33. The van der Waals surface area contributed by atoms with Crippen molar-refractivity contribution in [2.45, 2.75) is 52.2 Å². The number of carbonyl (C=O) groups is 1. The Morgan fingerprint density at radius 2 is 2.19 bits per heavy atom. The van der Waals surface area contributed by atoms with E-state index in [0.29, 0.717) is 30.7 Å². The van der Waals surface area contributed by atoms with Crippen LogP contribution in [0.1, 0.15) is 52.4 Å². The fraction of sp³-hybridized carbons (Fsp3) is 0.556. The van der Waals surface area contributed by atoms with Crippen molar-refractivity contribution in [2.24, 2.45) is 0 Å². The lowest BCUT2D eigenvalue weighted by molar-refractivity contribution is 0.0218. The number of hydrogen-bond acceptors (Lipinski definition) is 6. The number of ether oxygens (including phenoxy) is 2. The predicted octanol–water partition coefficient (Wildman–Crippen LogP) is 3.34. The van der Waals surface area contributed by atoms with Crippen LogP contribution in [0.3, 0.4) is 0 Å². The van der Waals surface area contributed by atoms with Gasteiger partial charge in [0, 0.05) is 12.7 Å². The van der Waals surface area contributed by atoms with Gasteiger partial charge in [0.05, 0.1) is 18.2 Å². The highest BCUT2D eigenvalue weighted by Gasteiger charge is 2.35. The molecule has 1 atom stereocenters. The SMILES string of the molecule is CCOc1ncccc1-c1nnc(C2CCCN2C(=O)OC(C)(C)C)[nH]1. The average molecular weight is 359 g/mol. The van der Waals surface area contributed by atoms with E-state index in [1.165, 1.54) is 0 Å². The fourth-order valence-corrected chi connectivity index (χ4v) is 2.96. The van der Waals surface area contributed by atoms with Gasteiger partial charge < -0.3 is 14.5 Å². The van der Waals surface area contributed by atoms with Crippen molar-refractivity contribution in [1.82, 2.24) is 25.1 Å². The van der Waals surface area contributed by atoms with Crippen molar-refractivity contribution in [3.8, 4) is 17.3 Å². The van der Waals surface area contributed by atoms with Crippen LogP contribution in [0.2, 0.25) is 0 Å². The molecule has 8 nitrogen and oxygen atoms in total. The fourth-order valence-electron chi connectivity index (χ4n) is 2.96. The number of rotatable bonds is 4. The van der Waals surface area contributed by atoms with Crippen molar-refractivity contribution in [3.63, 3.8) is 0 Å². The number of pyridine rings is 1. The lowest BCUT2D eigenvalue weighted by atomic mass is 10.2. The minimum absolute atomic E-state index is 0.168. The molecule has 0 saturated carbocycles. The smallest absolute Gasteiger partial charge is 0.410 e. The molecule has 0 radical (unpaired) electrons. The van der Waals surface area contributed by atoms with Crippen LogP contribution in [0.25, 0.3) is 11.4 Å². The lowest BCUT2D eigenvalue weighted by Crippen LogP contribution is -2.36. The summed E-state index contributed by atoms with van der Waals surface area (Å²) in [7, 11) is 0. The predicted molar refractivity (Wildman–Crippen MR) is 95.7 cm³/mol. The highest BCUT2D eigenvalue weighted by molar-refractivity contribution is 5.69. The summed E-state index contributed by atoms with van der Waals surface area (Å²) in [6, 6.07) is 3.53. The molecule has 1 aliphatic heterocycles. The Balaban J connectivity index is 1.82. The van der Waals surface area contributed by atoms with Gasteiger partial charge in [0.15, 0.2) is 11.6 Å². The number of amides is 1. The number of nitrogens with zero attached hydrogens (tertiary/aromatic N) is 4.